The number of rotatable bonds is 7. The molecule has 0 spiro atoms. The zero-order valence-electron chi connectivity index (χ0n) is 13.6. The molecule has 25 heavy (non-hydrogen) atoms. The summed E-state index contributed by atoms with van der Waals surface area (Å²) in [7, 11) is 1.57. The topological polar surface area (TPSA) is 64.6 Å². The third-order valence-electron chi connectivity index (χ3n) is 3.36. The second kappa shape index (κ2) is 9.30. The fraction of sp³-hybridized carbons (Fsp3) is 0.222. The molecule has 0 heterocycles. The van der Waals surface area contributed by atoms with Crippen molar-refractivity contribution < 1.29 is 19.1 Å². The number of methoxy groups -OCH3 is 1. The molecule has 0 radical (unpaired) electrons. The van der Waals surface area contributed by atoms with Crippen LogP contribution in [-0.4, -0.2) is 25.6 Å². The summed E-state index contributed by atoms with van der Waals surface area (Å²) in [5.41, 5.74) is 1.31. The number of amides is 1. The van der Waals surface area contributed by atoms with E-state index < -0.39 is 11.9 Å². The van der Waals surface area contributed by atoms with Crippen LogP contribution in [0.15, 0.2) is 42.5 Å². The van der Waals surface area contributed by atoms with Crippen molar-refractivity contribution in [1.29, 1.82) is 0 Å². The number of hydrogen-bond donors (Lipinski definition) is 1. The first kappa shape index (κ1) is 19.1. The molecule has 0 atom stereocenters. The van der Waals surface area contributed by atoms with Gasteiger partial charge < -0.3 is 14.8 Å². The van der Waals surface area contributed by atoms with Crippen molar-refractivity contribution in [2.45, 2.75) is 12.8 Å². The average molecular weight is 382 g/mol. The Bertz CT molecular complexity index is 764. The molecule has 0 aromatic heterocycles. The van der Waals surface area contributed by atoms with Crippen LogP contribution in [0.4, 0.5) is 5.69 Å². The van der Waals surface area contributed by atoms with E-state index >= 15 is 0 Å². The summed E-state index contributed by atoms with van der Waals surface area (Å²) < 4.78 is 10.2. The van der Waals surface area contributed by atoms with E-state index in [1.54, 1.807) is 19.2 Å². The molecule has 7 heteroatoms. The summed E-state index contributed by atoms with van der Waals surface area (Å²) in [6.45, 7) is -0.385. The van der Waals surface area contributed by atoms with Crippen LogP contribution in [0.1, 0.15) is 12.0 Å². The van der Waals surface area contributed by atoms with Gasteiger partial charge in [0.15, 0.2) is 6.61 Å². The van der Waals surface area contributed by atoms with Crippen LogP contribution >= 0.6 is 23.2 Å². The third kappa shape index (κ3) is 5.96. The van der Waals surface area contributed by atoms with Gasteiger partial charge in [-0.1, -0.05) is 41.4 Å². The molecule has 2 aromatic rings. The smallest absolute Gasteiger partial charge is 0.306 e. The number of halogens is 2. The first-order valence-electron chi connectivity index (χ1n) is 7.52. The van der Waals surface area contributed by atoms with Crippen molar-refractivity contribution in [3.05, 3.63) is 58.1 Å². The van der Waals surface area contributed by atoms with Crippen molar-refractivity contribution in [3.63, 3.8) is 0 Å². The molecule has 0 fully saturated rings. The van der Waals surface area contributed by atoms with Crippen molar-refractivity contribution in [1.82, 2.24) is 0 Å². The van der Waals surface area contributed by atoms with Gasteiger partial charge in [0.1, 0.15) is 5.75 Å². The molecule has 0 saturated heterocycles. The lowest BCUT2D eigenvalue weighted by Crippen LogP contribution is -2.21. The van der Waals surface area contributed by atoms with Crippen molar-refractivity contribution >= 4 is 40.8 Å². The lowest BCUT2D eigenvalue weighted by molar-refractivity contribution is -0.147. The van der Waals surface area contributed by atoms with Gasteiger partial charge in [-0.15, -0.1) is 0 Å². The zero-order valence-corrected chi connectivity index (χ0v) is 15.1. The van der Waals surface area contributed by atoms with Gasteiger partial charge in [0.25, 0.3) is 5.91 Å². The van der Waals surface area contributed by atoms with E-state index in [9.17, 15) is 9.59 Å². The van der Waals surface area contributed by atoms with Gasteiger partial charge >= 0.3 is 5.97 Å². The summed E-state index contributed by atoms with van der Waals surface area (Å²) in [6.07, 6.45) is 0.614. The van der Waals surface area contributed by atoms with E-state index in [4.69, 9.17) is 32.7 Å². The van der Waals surface area contributed by atoms with E-state index in [1.807, 2.05) is 24.3 Å². The largest absolute Gasteiger partial charge is 0.496 e. The lowest BCUT2D eigenvalue weighted by Gasteiger charge is -2.09. The molecule has 0 bridgehead atoms. The van der Waals surface area contributed by atoms with Crippen LogP contribution in [-0.2, 0) is 20.7 Å². The summed E-state index contributed by atoms with van der Waals surface area (Å²) in [4.78, 5) is 23.6. The minimum absolute atomic E-state index is 0.148. The van der Waals surface area contributed by atoms with Crippen LogP contribution in [0, 0.1) is 0 Å². The molecule has 5 nitrogen and oxygen atoms in total. The molecule has 0 unspecified atom stereocenters. The van der Waals surface area contributed by atoms with E-state index in [-0.39, 0.29) is 13.0 Å². The highest BCUT2D eigenvalue weighted by Gasteiger charge is 2.11. The van der Waals surface area contributed by atoms with Crippen molar-refractivity contribution in [2.24, 2.45) is 0 Å². The normalized spacial score (nSPS) is 10.2. The first-order valence-corrected chi connectivity index (χ1v) is 8.27. The van der Waals surface area contributed by atoms with Crippen LogP contribution in [0.3, 0.4) is 0 Å². The first-order chi connectivity index (χ1) is 12.0. The van der Waals surface area contributed by atoms with Crippen LogP contribution in [0.2, 0.25) is 10.0 Å². The Morgan fingerprint density at radius 2 is 1.88 bits per heavy atom. The second-order valence-electron chi connectivity index (χ2n) is 5.14. The third-order valence-corrected chi connectivity index (χ3v) is 3.91. The van der Waals surface area contributed by atoms with Crippen molar-refractivity contribution in [2.75, 3.05) is 19.0 Å². The number of nitrogens with one attached hydrogen (secondary N) is 1. The quantitative estimate of drug-likeness (QED) is 0.732. The number of aryl methyl sites for hydroxylation is 1. The predicted molar refractivity (Wildman–Crippen MR) is 97.4 cm³/mol. The number of hydrogen-bond acceptors (Lipinski definition) is 4. The highest BCUT2D eigenvalue weighted by Crippen LogP contribution is 2.25. The van der Waals surface area contributed by atoms with Gasteiger partial charge in [-0.2, -0.15) is 0 Å². The number of anilines is 1. The summed E-state index contributed by atoms with van der Waals surface area (Å²) >= 11 is 11.8. The van der Waals surface area contributed by atoms with Gasteiger partial charge in [0.05, 0.1) is 17.8 Å². The standard InChI is InChI=1S/C18H17Cl2NO4/c1-24-16-5-3-2-4-12(16)6-9-18(23)25-11-17(22)21-15-8-7-13(19)10-14(15)20/h2-5,7-8,10H,6,9,11H2,1H3,(H,21,22). The van der Waals surface area contributed by atoms with E-state index in [0.29, 0.717) is 27.9 Å². The van der Waals surface area contributed by atoms with Crippen LogP contribution in [0.5, 0.6) is 5.75 Å². The van der Waals surface area contributed by atoms with Gasteiger partial charge in [-0.05, 0) is 36.2 Å². The molecular formula is C18H17Cl2NO4. The Kier molecular flexibility index (Phi) is 7.10. The summed E-state index contributed by atoms with van der Waals surface area (Å²) in [5, 5.41) is 3.33. The SMILES string of the molecule is COc1ccccc1CCC(=O)OCC(=O)Nc1ccc(Cl)cc1Cl. The molecule has 0 aliphatic rings. The molecule has 2 aromatic carbocycles. The Morgan fingerprint density at radius 3 is 2.60 bits per heavy atom. The molecule has 132 valence electrons. The fourth-order valence-electron chi connectivity index (χ4n) is 2.14. The Balaban J connectivity index is 1.78. The van der Waals surface area contributed by atoms with E-state index in [0.717, 1.165) is 5.56 Å². The number of ether oxygens (including phenoxy) is 2. The minimum atomic E-state index is -0.477. The maximum absolute atomic E-state index is 11.8. The van der Waals surface area contributed by atoms with Gasteiger partial charge in [-0.3, -0.25) is 9.59 Å². The van der Waals surface area contributed by atoms with Crippen LogP contribution < -0.4 is 10.1 Å². The number of benzene rings is 2. The molecule has 1 amide bonds. The number of esters is 1. The van der Waals surface area contributed by atoms with Crippen LogP contribution in [0.25, 0.3) is 0 Å². The fourth-order valence-corrected chi connectivity index (χ4v) is 2.60. The average Bonchev–Trinajstić information content (AvgIpc) is 2.60. The van der Waals surface area contributed by atoms with E-state index in [1.165, 1.54) is 6.07 Å². The van der Waals surface area contributed by atoms with Gasteiger partial charge in [0, 0.05) is 11.4 Å². The maximum atomic E-state index is 11.8. The molecule has 0 aliphatic heterocycles. The Labute approximate surface area is 155 Å². The molecule has 0 aliphatic carbocycles. The zero-order chi connectivity index (χ0) is 18.2. The highest BCUT2D eigenvalue weighted by molar-refractivity contribution is 6.36. The van der Waals surface area contributed by atoms with Gasteiger partial charge in [0.2, 0.25) is 0 Å². The summed E-state index contributed by atoms with van der Waals surface area (Å²) in [6, 6.07) is 12.1. The molecule has 2 rings (SSSR count). The Morgan fingerprint density at radius 1 is 1.12 bits per heavy atom. The molecule has 1 N–H and O–H groups in total. The second-order valence-corrected chi connectivity index (χ2v) is 5.99. The molecular weight excluding hydrogens is 365 g/mol. The number of carbonyl (C=O) groups is 2. The van der Waals surface area contributed by atoms with Gasteiger partial charge in [-0.25, -0.2) is 0 Å². The Hall–Kier alpha value is -2.24. The minimum Gasteiger partial charge on any atom is -0.496 e. The number of para-hydroxylation sites is 1. The maximum Gasteiger partial charge on any atom is 0.306 e. The van der Waals surface area contributed by atoms with Crippen molar-refractivity contribution in [3.8, 4) is 5.75 Å². The monoisotopic (exact) mass is 381 g/mol. The summed E-state index contributed by atoms with van der Waals surface area (Å²) in [5.74, 6) is -0.233. The predicted octanol–water partition coefficient (Wildman–Crippen LogP) is 4.12. The lowest BCUT2D eigenvalue weighted by atomic mass is 10.1. The molecule has 0 saturated carbocycles. The van der Waals surface area contributed by atoms with E-state index in [2.05, 4.69) is 5.32 Å². The highest BCUT2D eigenvalue weighted by atomic mass is 35.5. The number of carbonyl (C=O) groups excluding carboxylic acids is 2.